The minimum Gasteiger partial charge on any atom is -0.478 e. The van der Waals surface area contributed by atoms with Gasteiger partial charge in [0.05, 0.1) is 10.5 Å². The number of carboxylic acid groups (broad SMARTS) is 1. The maximum atomic E-state index is 11.7. The summed E-state index contributed by atoms with van der Waals surface area (Å²) in [6, 6.07) is 4.84. The molecule has 0 bridgehead atoms. The highest BCUT2D eigenvalue weighted by Crippen LogP contribution is 2.39. The van der Waals surface area contributed by atoms with E-state index in [0.717, 1.165) is 24.6 Å². The number of nitrogens with two attached hydrogens (primary N) is 1. The van der Waals surface area contributed by atoms with Gasteiger partial charge in [0.25, 0.3) is 0 Å². The zero-order valence-electron chi connectivity index (χ0n) is 10.4. The number of aromatic nitrogens is 3. The van der Waals surface area contributed by atoms with Crippen molar-refractivity contribution in [1.29, 1.82) is 0 Å². The van der Waals surface area contributed by atoms with Crippen molar-refractivity contribution in [2.24, 2.45) is 0 Å². The number of hydrogen-bond donors (Lipinski definition) is 3. The van der Waals surface area contributed by atoms with Crippen molar-refractivity contribution < 1.29 is 9.90 Å². The number of anilines is 1. The number of hydrogen-bond acceptors (Lipinski definition) is 5. The quantitative estimate of drug-likeness (QED) is 0.733. The molecule has 1 aliphatic rings. The number of rotatable bonds is 4. The van der Waals surface area contributed by atoms with Gasteiger partial charge in [0.15, 0.2) is 5.16 Å². The second-order valence-electron chi connectivity index (χ2n) is 4.54. The van der Waals surface area contributed by atoms with Crippen LogP contribution < -0.4 is 11.4 Å². The lowest BCUT2D eigenvalue weighted by Crippen LogP contribution is -2.16. The molecule has 7 nitrogen and oxygen atoms in total. The van der Waals surface area contributed by atoms with Crippen LogP contribution in [-0.2, 0) is 0 Å². The Bertz CT molecular complexity index is 733. The summed E-state index contributed by atoms with van der Waals surface area (Å²) >= 11 is 1.10. The Morgan fingerprint density at radius 3 is 2.90 bits per heavy atom. The Balaban J connectivity index is 2.04. The Morgan fingerprint density at radius 1 is 1.50 bits per heavy atom. The van der Waals surface area contributed by atoms with Gasteiger partial charge in [0.1, 0.15) is 0 Å². The van der Waals surface area contributed by atoms with E-state index in [2.05, 4.69) is 10.2 Å². The number of aromatic carboxylic acids is 1. The van der Waals surface area contributed by atoms with Crippen LogP contribution in [0.4, 0.5) is 5.69 Å². The van der Waals surface area contributed by atoms with E-state index in [1.807, 2.05) is 0 Å². The average Bonchev–Trinajstić information content (AvgIpc) is 3.17. The molecule has 1 aromatic carbocycles. The normalized spacial score (nSPS) is 14.4. The number of aromatic amines is 1. The van der Waals surface area contributed by atoms with E-state index in [1.54, 1.807) is 16.7 Å². The third kappa shape index (κ3) is 2.18. The molecule has 4 N–H and O–H groups in total. The first-order valence-electron chi connectivity index (χ1n) is 6.04. The maximum Gasteiger partial charge on any atom is 0.344 e. The molecule has 2 aromatic rings. The van der Waals surface area contributed by atoms with E-state index in [4.69, 9.17) is 5.73 Å². The van der Waals surface area contributed by atoms with Crippen molar-refractivity contribution in [2.45, 2.75) is 28.9 Å². The zero-order valence-corrected chi connectivity index (χ0v) is 11.2. The number of nitrogens with one attached hydrogen (secondary N) is 1. The molecule has 0 atom stereocenters. The molecule has 8 heteroatoms. The van der Waals surface area contributed by atoms with E-state index in [0.29, 0.717) is 15.7 Å². The van der Waals surface area contributed by atoms with Crippen LogP contribution in [0.25, 0.3) is 0 Å². The average molecular weight is 292 g/mol. The highest BCUT2D eigenvalue weighted by molar-refractivity contribution is 7.99. The molecule has 1 saturated carbocycles. The molecule has 20 heavy (non-hydrogen) atoms. The van der Waals surface area contributed by atoms with Gasteiger partial charge in [-0.2, -0.15) is 0 Å². The van der Waals surface area contributed by atoms with Gasteiger partial charge < -0.3 is 10.8 Å². The van der Waals surface area contributed by atoms with Crippen LogP contribution in [-0.4, -0.2) is 25.8 Å². The van der Waals surface area contributed by atoms with Gasteiger partial charge in [0.2, 0.25) is 0 Å². The van der Waals surface area contributed by atoms with Crippen LogP contribution in [0.15, 0.2) is 33.0 Å². The van der Waals surface area contributed by atoms with Gasteiger partial charge in [-0.3, -0.25) is 4.57 Å². The Kier molecular flexibility index (Phi) is 3.01. The van der Waals surface area contributed by atoms with Gasteiger partial charge in [-0.25, -0.2) is 14.7 Å². The van der Waals surface area contributed by atoms with Crippen LogP contribution in [0.1, 0.15) is 29.2 Å². The van der Waals surface area contributed by atoms with Crippen molar-refractivity contribution in [3.63, 3.8) is 0 Å². The number of carboxylic acids is 1. The summed E-state index contributed by atoms with van der Waals surface area (Å²) in [6.07, 6.45) is 1.87. The lowest BCUT2D eigenvalue weighted by Gasteiger charge is -2.09. The highest BCUT2D eigenvalue weighted by atomic mass is 32.2. The molecule has 1 fully saturated rings. The van der Waals surface area contributed by atoms with Crippen molar-refractivity contribution in [2.75, 3.05) is 5.73 Å². The summed E-state index contributed by atoms with van der Waals surface area (Å²) < 4.78 is 1.56. The van der Waals surface area contributed by atoms with Crippen molar-refractivity contribution in [1.82, 2.24) is 14.8 Å². The van der Waals surface area contributed by atoms with Gasteiger partial charge in [0, 0.05) is 11.7 Å². The van der Waals surface area contributed by atoms with Crippen LogP contribution in [0.3, 0.4) is 0 Å². The number of benzene rings is 1. The molecule has 3 rings (SSSR count). The molecule has 0 spiro atoms. The highest BCUT2D eigenvalue weighted by Gasteiger charge is 2.29. The predicted molar refractivity (Wildman–Crippen MR) is 73.1 cm³/mol. The van der Waals surface area contributed by atoms with Gasteiger partial charge in [-0.05, 0) is 36.7 Å². The topological polar surface area (TPSA) is 114 Å². The number of H-pyrrole nitrogens is 1. The Hall–Kier alpha value is -2.22. The second-order valence-corrected chi connectivity index (χ2v) is 5.52. The summed E-state index contributed by atoms with van der Waals surface area (Å²) in [5.74, 6) is -1.06. The molecule has 0 saturated heterocycles. The first-order valence-corrected chi connectivity index (χ1v) is 6.86. The third-order valence-corrected chi connectivity index (χ3v) is 4.18. The molecule has 0 aliphatic heterocycles. The van der Waals surface area contributed by atoms with E-state index in [9.17, 15) is 14.7 Å². The lowest BCUT2D eigenvalue weighted by molar-refractivity contribution is 0.0693. The number of nitrogen functional groups attached to an aromatic ring is 1. The summed E-state index contributed by atoms with van der Waals surface area (Å²) in [4.78, 5) is 23.3. The van der Waals surface area contributed by atoms with E-state index >= 15 is 0 Å². The largest absolute Gasteiger partial charge is 0.478 e. The summed E-state index contributed by atoms with van der Waals surface area (Å²) in [5, 5.41) is 16.0. The minimum absolute atomic E-state index is 0.104. The molecular weight excluding hydrogens is 280 g/mol. The fourth-order valence-electron chi connectivity index (χ4n) is 1.95. The molecule has 0 unspecified atom stereocenters. The maximum absolute atomic E-state index is 11.7. The van der Waals surface area contributed by atoms with Crippen LogP contribution >= 0.6 is 11.8 Å². The first kappa shape index (κ1) is 12.8. The van der Waals surface area contributed by atoms with Crippen LogP contribution in [0, 0.1) is 0 Å². The zero-order chi connectivity index (χ0) is 14.3. The molecule has 1 aromatic heterocycles. The van der Waals surface area contributed by atoms with E-state index in [1.165, 1.54) is 6.07 Å². The van der Waals surface area contributed by atoms with Gasteiger partial charge in [-0.1, -0.05) is 6.07 Å². The molecule has 0 radical (unpaired) electrons. The smallest absolute Gasteiger partial charge is 0.344 e. The van der Waals surface area contributed by atoms with Crippen LogP contribution in [0.2, 0.25) is 0 Å². The molecule has 1 heterocycles. The number of carbonyl (C=O) groups is 1. The van der Waals surface area contributed by atoms with Crippen molar-refractivity contribution in [3.05, 3.63) is 34.2 Å². The fraction of sp³-hybridized carbons (Fsp3) is 0.250. The first-order chi connectivity index (χ1) is 9.58. The van der Waals surface area contributed by atoms with E-state index < -0.39 is 5.97 Å². The van der Waals surface area contributed by atoms with Gasteiger partial charge in [-0.15, -0.1) is 5.10 Å². The van der Waals surface area contributed by atoms with Crippen molar-refractivity contribution >= 4 is 23.4 Å². The fourth-order valence-corrected chi connectivity index (χ4v) is 3.00. The van der Waals surface area contributed by atoms with Crippen LogP contribution in [0.5, 0.6) is 0 Å². The molecular formula is C12H12N4O3S. The van der Waals surface area contributed by atoms with Crippen molar-refractivity contribution in [3.8, 4) is 0 Å². The molecule has 0 amide bonds. The van der Waals surface area contributed by atoms with Gasteiger partial charge >= 0.3 is 11.7 Å². The summed E-state index contributed by atoms with van der Waals surface area (Å²) in [5.41, 5.74) is 6.03. The SMILES string of the molecule is Nc1cccc(C(=O)O)c1Sc1n[nH]c(=O)n1C1CC1. The third-order valence-electron chi connectivity index (χ3n) is 3.05. The lowest BCUT2D eigenvalue weighted by atomic mass is 10.2. The molecule has 1 aliphatic carbocycles. The predicted octanol–water partition coefficient (Wildman–Crippen LogP) is 1.34. The molecule has 104 valence electrons. The minimum atomic E-state index is -1.06. The number of nitrogens with zero attached hydrogens (tertiary/aromatic N) is 2. The standard InChI is InChI=1S/C12H12N4O3S/c13-8-3-1-2-7(10(17)18)9(8)20-12-15-14-11(19)16(12)6-4-5-6/h1-3,6H,4-5,13H2,(H,14,19)(H,17,18). The Labute approximate surface area is 117 Å². The summed E-state index contributed by atoms with van der Waals surface area (Å²) in [7, 11) is 0. The Morgan fingerprint density at radius 2 is 2.25 bits per heavy atom. The second kappa shape index (κ2) is 4.71. The van der Waals surface area contributed by atoms with E-state index in [-0.39, 0.29) is 17.3 Å². The summed E-state index contributed by atoms with van der Waals surface area (Å²) in [6.45, 7) is 0. The monoisotopic (exact) mass is 292 g/mol.